The zero-order chi connectivity index (χ0) is 71.3. The minimum absolute atomic E-state index is 0.144. The number of aromatic amines is 4. The summed E-state index contributed by atoms with van der Waals surface area (Å²) in [5.74, 6) is 11.5. The van der Waals surface area contributed by atoms with Crippen LogP contribution in [0.3, 0.4) is 0 Å². The highest BCUT2D eigenvalue weighted by Crippen LogP contribution is 2.41. The van der Waals surface area contributed by atoms with Crippen molar-refractivity contribution in [2.45, 2.75) is 76.8 Å². The number of ether oxygens (including phenoxy) is 1. The lowest BCUT2D eigenvalue weighted by Gasteiger charge is -2.07. The van der Waals surface area contributed by atoms with Crippen LogP contribution in [0.5, 0.6) is 0 Å². The molecule has 0 atom stereocenters. The first-order valence-corrected chi connectivity index (χ1v) is 34.5. The Labute approximate surface area is 611 Å². The van der Waals surface area contributed by atoms with Gasteiger partial charge in [-0.3, -0.25) is 4.98 Å². The topological polar surface area (TPSA) is 384 Å². The van der Waals surface area contributed by atoms with Gasteiger partial charge in [-0.25, -0.2) is 39.9 Å². The standard InChI is InChI=1S/C16H12ClN5O.C16H13N5O.C14H15ClN4O2.C13H12ClN5O.C13H13N5O/c17-16-21-14(18-9-11-7-4-8-23-11)12-15(22-16)20-13(19-12)10-5-2-1-3-6-10;1-2-12(22-7-1)8-18-15-14-13(11-3-5-17-6-4-11)9-19-16(14)21-10-20-15;1-20-8-6-19-5-4-11-12(17-14(15)18-13(11)19)16-9-10-3-2-7-21-10;14-13-18-11(15-6-8-2-1-5-20-8)9-12(19-13)17-10(16-9)7-3-4-7;1-2-9(19-5-1)6-14-12-10-13(16-7-15-12)18-11(17-10)8-3-4-8/h1-8H,9H2,(H2,18,19,20,21,22);1-7,9-10H,8H2,(H2,18,19,20,21);2-5,7H,6,8-9H2,1H3,(H,16,17,18);1-2,5,7H,3-4,6H2,(H2,15,16,17,18,19);1-2,5,7-8H,3-4,6H2,(H2,14,15,16,17,18). The Hall–Kier alpha value is -12.5. The van der Waals surface area contributed by atoms with Crippen LogP contribution in [0.4, 0.5) is 29.1 Å². The van der Waals surface area contributed by atoms with Gasteiger partial charge >= 0.3 is 0 Å². The van der Waals surface area contributed by atoms with Crippen molar-refractivity contribution in [1.29, 1.82) is 0 Å². The van der Waals surface area contributed by atoms with E-state index in [1.54, 1.807) is 57.1 Å². The summed E-state index contributed by atoms with van der Waals surface area (Å²) in [6.45, 7) is 4.06. The number of imidazole rings is 3. The summed E-state index contributed by atoms with van der Waals surface area (Å²) in [6.07, 6.45) is 23.5. The van der Waals surface area contributed by atoms with E-state index in [4.69, 9.17) is 61.6 Å². The lowest BCUT2D eigenvalue weighted by Crippen LogP contribution is -2.06. The molecule has 105 heavy (non-hydrogen) atoms. The summed E-state index contributed by atoms with van der Waals surface area (Å²) >= 11 is 18.0. The predicted molar refractivity (Wildman–Crippen MR) is 396 cm³/mol. The van der Waals surface area contributed by atoms with Gasteiger partial charge in [0.15, 0.2) is 34.4 Å². The van der Waals surface area contributed by atoms with Crippen LogP contribution < -0.4 is 26.6 Å². The van der Waals surface area contributed by atoms with Crippen LogP contribution in [0.2, 0.25) is 15.9 Å². The Balaban J connectivity index is 0.000000106. The van der Waals surface area contributed by atoms with Gasteiger partial charge in [-0.1, -0.05) is 30.3 Å². The molecule has 0 spiro atoms. The number of rotatable bonds is 22. The van der Waals surface area contributed by atoms with E-state index in [1.807, 2.05) is 126 Å². The quantitative estimate of drug-likeness (QED) is 0.0285. The minimum atomic E-state index is 0.144. The Morgan fingerprint density at radius 1 is 0.467 bits per heavy atom. The van der Waals surface area contributed by atoms with Gasteiger partial charge in [-0.2, -0.15) is 24.9 Å². The third kappa shape index (κ3) is 17.0. The molecule has 17 aromatic rings. The molecule has 0 saturated heterocycles. The molecule has 30 nitrogen and oxygen atoms in total. The minimum Gasteiger partial charge on any atom is -0.467 e. The van der Waals surface area contributed by atoms with Crippen molar-refractivity contribution in [2.75, 3.05) is 40.3 Å². The molecule has 0 aliphatic heterocycles. The normalized spacial score (nSPS) is 12.5. The van der Waals surface area contributed by atoms with Crippen molar-refractivity contribution in [2.24, 2.45) is 0 Å². The summed E-state index contributed by atoms with van der Waals surface area (Å²) in [6, 6.07) is 34.5. The first-order valence-electron chi connectivity index (χ1n) is 33.4. The smallest absolute Gasteiger partial charge is 0.226 e. The average Bonchev–Trinajstić information content (AvgIpc) is 1.66. The number of hydrogen-bond donors (Lipinski definition) is 9. The Bertz CT molecular complexity index is 5590. The van der Waals surface area contributed by atoms with E-state index in [2.05, 4.69) is 116 Å². The number of benzene rings is 1. The van der Waals surface area contributed by atoms with Crippen LogP contribution >= 0.6 is 34.8 Å². The van der Waals surface area contributed by atoms with Gasteiger partial charge in [0, 0.05) is 61.4 Å². The van der Waals surface area contributed by atoms with Crippen LogP contribution in [-0.4, -0.2) is 108 Å². The highest BCUT2D eigenvalue weighted by atomic mass is 35.5. The molecule has 0 amide bonds. The number of nitrogens with one attached hydrogen (secondary N) is 9. The molecule has 530 valence electrons. The molecule has 2 saturated carbocycles. The van der Waals surface area contributed by atoms with Crippen LogP contribution in [0.1, 0.15) is 78.0 Å². The van der Waals surface area contributed by atoms with E-state index in [1.165, 1.54) is 32.0 Å². The van der Waals surface area contributed by atoms with E-state index in [-0.39, 0.29) is 15.9 Å². The Morgan fingerprint density at radius 3 is 1.50 bits per heavy atom. The van der Waals surface area contributed by atoms with Crippen molar-refractivity contribution in [3.63, 3.8) is 0 Å². The first kappa shape index (κ1) is 68.3. The van der Waals surface area contributed by atoms with Crippen LogP contribution in [0.25, 0.3) is 78.1 Å². The number of aromatic nitrogens is 19. The predicted octanol–water partition coefficient (Wildman–Crippen LogP) is 15.6. The SMILES string of the molecule is COCCn1ccc2c(NCc3ccco3)nc(Cl)nc21.Clc1nc(NCc2ccco2)c2[nH]c(-c3ccccc3)nc2n1.Clc1nc(NCc2ccco2)c2[nH]c(C3CC3)nc2n1.c1coc(CNc2ncnc3[nH]cc(-c4ccncc4)c23)c1.c1coc(CNc2ncnc3nc(C4CC4)[nH]c23)c1. The molecule has 33 heteroatoms. The molecule has 1 aromatic carbocycles. The van der Waals surface area contributed by atoms with Crippen LogP contribution in [0.15, 0.2) is 200 Å². The second-order valence-electron chi connectivity index (χ2n) is 23.9. The highest BCUT2D eigenvalue weighted by Gasteiger charge is 2.29. The van der Waals surface area contributed by atoms with Crippen LogP contribution in [-0.2, 0) is 44.0 Å². The Kier molecular flexibility index (Phi) is 20.9. The molecule has 2 aliphatic carbocycles. The van der Waals surface area contributed by atoms with Gasteiger partial charge in [-0.05, 0) is 145 Å². The zero-order valence-corrected chi connectivity index (χ0v) is 58.2. The van der Waals surface area contributed by atoms with Gasteiger partial charge in [0.25, 0.3) is 0 Å². The summed E-state index contributed by atoms with van der Waals surface area (Å²) in [5.41, 5.74) is 8.88. The fraction of sp³-hybridized carbons (Fsp3) is 0.194. The lowest BCUT2D eigenvalue weighted by molar-refractivity contribution is 0.188. The van der Waals surface area contributed by atoms with E-state index >= 15 is 0 Å². The van der Waals surface area contributed by atoms with E-state index < -0.39 is 0 Å². The van der Waals surface area contributed by atoms with Gasteiger partial charge in [0.2, 0.25) is 15.9 Å². The van der Waals surface area contributed by atoms with Gasteiger partial charge in [-0.15, -0.1) is 0 Å². The van der Waals surface area contributed by atoms with Gasteiger partial charge < -0.3 is 77.9 Å². The number of nitrogens with zero attached hydrogens (tertiary/aromatic N) is 15. The molecule has 2 aliphatic rings. The molecule has 0 unspecified atom stereocenters. The highest BCUT2D eigenvalue weighted by molar-refractivity contribution is 6.29. The largest absolute Gasteiger partial charge is 0.467 e. The molecule has 0 bridgehead atoms. The number of halogens is 3. The molecule has 16 aromatic heterocycles. The summed E-state index contributed by atoms with van der Waals surface area (Å²) in [5, 5.41) is 18.6. The van der Waals surface area contributed by atoms with Crippen molar-refractivity contribution >= 4 is 119 Å². The van der Waals surface area contributed by atoms with E-state index in [0.717, 1.165) is 113 Å². The number of H-pyrrole nitrogens is 4. The second-order valence-corrected chi connectivity index (χ2v) is 24.9. The van der Waals surface area contributed by atoms with Crippen LogP contribution in [0, 0.1) is 0 Å². The molecule has 9 N–H and O–H groups in total. The number of pyridine rings is 1. The zero-order valence-electron chi connectivity index (χ0n) is 56.0. The number of methoxy groups -OCH3 is 1. The summed E-state index contributed by atoms with van der Waals surface area (Å²) < 4.78 is 33.6. The lowest BCUT2D eigenvalue weighted by atomic mass is 10.1. The molecule has 0 radical (unpaired) electrons. The Morgan fingerprint density at radius 2 is 0.952 bits per heavy atom. The van der Waals surface area contributed by atoms with Gasteiger partial charge in [0.05, 0.1) is 81.4 Å². The third-order valence-corrected chi connectivity index (χ3v) is 17.1. The molecular weight excluding hydrogens is 1400 g/mol. The summed E-state index contributed by atoms with van der Waals surface area (Å²) in [4.78, 5) is 73.1. The van der Waals surface area contributed by atoms with Crippen molar-refractivity contribution in [3.8, 4) is 22.5 Å². The average molecular weight is 1470 g/mol. The number of hydrogen-bond acceptors (Lipinski definition) is 25. The third-order valence-electron chi connectivity index (χ3n) is 16.6. The summed E-state index contributed by atoms with van der Waals surface area (Å²) in [7, 11) is 1.67. The molecular formula is C72H65Cl3N24O6. The van der Waals surface area contributed by atoms with Crippen molar-refractivity contribution in [3.05, 3.63) is 234 Å². The van der Waals surface area contributed by atoms with Gasteiger partial charge in [0.1, 0.15) is 98.4 Å². The number of fused-ring (bicyclic) bond motifs is 5. The fourth-order valence-corrected chi connectivity index (χ4v) is 11.6. The monoisotopic (exact) mass is 1470 g/mol. The second kappa shape index (κ2) is 32.2. The maximum absolute atomic E-state index is 6.02. The van der Waals surface area contributed by atoms with Crippen molar-refractivity contribution < 1.29 is 26.8 Å². The number of furan rings is 5. The first-order chi connectivity index (χ1) is 51.7. The maximum Gasteiger partial charge on any atom is 0.226 e. The van der Waals surface area contributed by atoms with E-state index in [0.29, 0.717) is 92.0 Å². The van der Waals surface area contributed by atoms with E-state index in [9.17, 15) is 0 Å². The molecule has 2 fully saturated rings. The maximum atomic E-state index is 6.02. The van der Waals surface area contributed by atoms with Crippen molar-refractivity contribution in [1.82, 2.24) is 94.3 Å². The molecule has 19 rings (SSSR count). The molecule has 16 heterocycles. The number of anilines is 5. The fourth-order valence-electron chi connectivity index (χ4n) is 11.1.